The molecule has 2 aromatic carbocycles. The predicted octanol–water partition coefficient (Wildman–Crippen LogP) is 1.68. The van der Waals surface area contributed by atoms with Crippen LogP contribution in [-0.2, 0) is 22.6 Å². The van der Waals surface area contributed by atoms with Crippen molar-refractivity contribution in [2.45, 2.75) is 51.0 Å². The summed E-state index contributed by atoms with van der Waals surface area (Å²) < 4.78 is 25.5. The molecule has 10 heteroatoms. The molecule has 9 nitrogen and oxygen atoms in total. The number of methoxy groups -OCH3 is 1. The number of aliphatic hydroxyl groups is 3. The van der Waals surface area contributed by atoms with Gasteiger partial charge in [-0.1, -0.05) is 26.0 Å². The van der Waals surface area contributed by atoms with Crippen molar-refractivity contribution in [2.24, 2.45) is 5.92 Å². The first-order valence-corrected chi connectivity index (χ1v) is 13.0. The smallest absolute Gasteiger partial charge is 0.247 e. The molecule has 0 radical (unpaired) electrons. The number of hydrogen-bond donors (Lipinski definition) is 4. The van der Waals surface area contributed by atoms with Crippen LogP contribution < -0.4 is 14.8 Å². The third-order valence-electron chi connectivity index (χ3n) is 7.16. The number of halogens is 1. The van der Waals surface area contributed by atoms with Gasteiger partial charge in [-0.2, -0.15) is 0 Å². The zero-order valence-electron chi connectivity index (χ0n) is 22.3. The molecule has 210 valence electrons. The highest BCUT2D eigenvalue weighted by Crippen LogP contribution is 2.51. The summed E-state index contributed by atoms with van der Waals surface area (Å²) in [5.41, 5.74) is 2.09. The van der Waals surface area contributed by atoms with Crippen LogP contribution in [0.2, 0.25) is 0 Å². The Morgan fingerprint density at radius 1 is 1.18 bits per heavy atom. The molecule has 0 unspecified atom stereocenters. The molecule has 2 aliphatic rings. The van der Waals surface area contributed by atoms with E-state index in [9.17, 15) is 29.3 Å². The Morgan fingerprint density at radius 3 is 2.59 bits per heavy atom. The molecule has 4 rings (SSSR count). The molecule has 2 aromatic rings. The molecule has 1 heterocycles. The average Bonchev–Trinajstić information content (AvgIpc) is 3.32. The van der Waals surface area contributed by atoms with Gasteiger partial charge in [0.25, 0.3) is 0 Å². The van der Waals surface area contributed by atoms with Crippen molar-refractivity contribution in [1.82, 2.24) is 10.2 Å². The fourth-order valence-corrected chi connectivity index (χ4v) is 5.30. The molecule has 4 atom stereocenters. The van der Waals surface area contributed by atoms with Gasteiger partial charge in [0.1, 0.15) is 18.0 Å². The van der Waals surface area contributed by atoms with E-state index in [1.807, 2.05) is 0 Å². The first kappa shape index (κ1) is 28.5. The maximum Gasteiger partial charge on any atom is 0.247 e. The minimum absolute atomic E-state index is 0.0166. The zero-order chi connectivity index (χ0) is 28.3. The third-order valence-corrected chi connectivity index (χ3v) is 7.16. The van der Waals surface area contributed by atoms with Crippen LogP contribution in [0.5, 0.6) is 11.5 Å². The number of aliphatic hydroxyl groups excluding tert-OH is 3. The van der Waals surface area contributed by atoms with E-state index in [0.29, 0.717) is 34.6 Å². The van der Waals surface area contributed by atoms with Gasteiger partial charge in [0.05, 0.1) is 32.3 Å². The lowest BCUT2D eigenvalue weighted by Crippen LogP contribution is -2.56. The van der Waals surface area contributed by atoms with E-state index < -0.39 is 36.0 Å². The Balaban J connectivity index is 1.77. The standard InChI is InChI=1S/C29H35FN2O7/c1-16(2)29(37)32(9-7-17-5-4-6-19(30)11-17)22-14-21(28(36)31-8-10-33)24-20-12-18(15-34)13-23(38-3)26(20)39-27(24)25(22)35/h4-6,11-14,16,22,24-25,27,33-35H,7-10,15H2,1-3H3,(H,31,36)/t22-,24+,25+,27+/m1/s1. The van der Waals surface area contributed by atoms with Crippen molar-refractivity contribution in [3.05, 3.63) is 70.6 Å². The number of fused-ring (bicyclic) bond motifs is 3. The Labute approximate surface area is 226 Å². The summed E-state index contributed by atoms with van der Waals surface area (Å²) in [4.78, 5) is 28.3. The van der Waals surface area contributed by atoms with Crippen LogP contribution in [0.4, 0.5) is 4.39 Å². The van der Waals surface area contributed by atoms with Crippen LogP contribution in [0.3, 0.4) is 0 Å². The maximum absolute atomic E-state index is 13.8. The molecule has 0 saturated carbocycles. The van der Waals surface area contributed by atoms with Crippen molar-refractivity contribution in [2.75, 3.05) is 26.8 Å². The van der Waals surface area contributed by atoms with Gasteiger partial charge >= 0.3 is 0 Å². The molecule has 1 aliphatic heterocycles. The maximum atomic E-state index is 13.8. The van der Waals surface area contributed by atoms with Gasteiger partial charge in [-0.3, -0.25) is 9.59 Å². The number of hydrogen-bond acceptors (Lipinski definition) is 7. The Morgan fingerprint density at radius 2 is 1.95 bits per heavy atom. The number of carbonyl (C=O) groups excluding carboxylic acids is 2. The fourth-order valence-electron chi connectivity index (χ4n) is 5.30. The van der Waals surface area contributed by atoms with Gasteiger partial charge in [-0.15, -0.1) is 0 Å². The fraction of sp³-hybridized carbons (Fsp3) is 0.448. The zero-order valence-corrected chi connectivity index (χ0v) is 22.3. The van der Waals surface area contributed by atoms with Crippen molar-refractivity contribution >= 4 is 11.8 Å². The molecule has 0 spiro atoms. The Hall–Kier alpha value is -3.47. The minimum atomic E-state index is -1.21. The number of ether oxygens (including phenoxy) is 2. The van der Waals surface area contributed by atoms with Gasteiger partial charge in [0.2, 0.25) is 11.8 Å². The summed E-state index contributed by atoms with van der Waals surface area (Å²) in [6, 6.07) is 8.53. The van der Waals surface area contributed by atoms with Crippen LogP contribution in [0.25, 0.3) is 0 Å². The second kappa shape index (κ2) is 12.1. The highest BCUT2D eigenvalue weighted by molar-refractivity contribution is 5.96. The summed E-state index contributed by atoms with van der Waals surface area (Å²) in [7, 11) is 1.46. The van der Waals surface area contributed by atoms with Gasteiger partial charge in [-0.25, -0.2) is 4.39 Å². The number of nitrogens with one attached hydrogen (secondary N) is 1. The number of amides is 2. The van der Waals surface area contributed by atoms with Gasteiger partial charge < -0.3 is 35.0 Å². The quantitative estimate of drug-likeness (QED) is 0.360. The first-order chi connectivity index (χ1) is 18.7. The van der Waals surface area contributed by atoms with E-state index in [0.717, 1.165) is 0 Å². The normalized spacial score (nSPS) is 21.5. The molecule has 0 aromatic heterocycles. The summed E-state index contributed by atoms with van der Waals surface area (Å²) in [5, 5.41) is 33.4. The van der Waals surface area contributed by atoms with Gasteiger partial charge in [0, 0.05) is 30.1 Å². The van der Waals surface area contributed by atoms with E-state index in [1.54, 1.807) is 44.2 Å². The summed E-state index contributed by atoms with van der Waals surface area (Å²) in [6.45, 7) is 3.16. The van der Waals surface area contributed by atoms with Crippen LogP contribution in [0, 0.1) is 11.7 Å². The Kier molecular flexibility index (Phi) is 8.89. The largest absolute Gasteiger partial charge is 0.493 e. The van der Waals surface area contributed by atoms with Crippen LogP contribution in [-0.4, -0.2) is 77.1 Å². The second-order valence-corrected chi connectivity index (χ2v) is 10.1. The lowest BCUT2D eigenvalue weighted by Gasteiger charge is -2.41. The first-order valence-electron chi connectivity index (χ1n) is 13.0. The predicted molar refractivity (Wildman–Crippen MR) is 141 cm³/mol. The molecule has 2 amide bonds. The minimum Gasteiger partial charge on any atom is -0.493 e. The highest BCUT2D eigenvalue weighted by atomic mass is 19.1. The van der Waals surface area contributed by atoms with Crippen molar-refractivity contribution in [3.8, 4) is 11.5 Å². The molecule has 0 bridgehead atoms. The van der Waals surface area contributed by atoms with Crippen LogP contribution in [0.15, 0.2) is 48.0 Å². The molecule has 0 fully saturated rings. The van der Waals surface area contributed by atoms with Gasteiger partial charge in [0.15, 0.2) is 11.5 Å². The van der Waals surface area contributed by atoms with Crippen molar-refractivity contribution < 1.29 is 38.8 Å². The summed E-state index contributed by atoms with van der Waals surface area (Å²) in [6.07, 6.45) is -0.220. The summed E-state index contributed by atoms with van der Waals surface area (Å²) in [5.74, 6) is -1.50. The average molecular weight is 543 g/mol. The van der Waals surface area contributed by atoms with E-state index in [2.05, 4.69) is 5.32 Å². The molecule has 0 saturated heterocycles. The van der Waals surface area contributed by atoms with Crippen molar-refractivity contribution in [3.63, 3.8) is 0 Å². The highest BCUT2D eigenvalue weighted by Gasteiger charge is 2.51. The monoisotopic (exact) mass is 542 g/mol. The number of carbonyl (C=O) groups is 2. The van der Waals surface area contributed by atoms with E-state index >= 15 is 0 Å². The molecule has 1 aliphatic carbocycles. The van der Waals surface area contributed by atoms with Gasteiger partial charge in [-0.05, 0) is 47.9 Å². The van der Waals surface area contributed by atoms with Crippen LogP contribution >= 0.6 is 0 Å². The molecular weight excluding hydrogens is 507 g/mol. The second-order valence-electron chi connectivity index (χ2n) is 10.1. The lowest BCUT2D eigenvalue weighted by molar-refractivity contribution is -0.140. The third kappa shape index (κ3) is 5.78. The van der Waals surface area contributed by atoms with E-state index in [-0.39, 0.29) is 43.6 Å². The molecular formula is C29H35FN2O7. The molecule has 39 heavy (non-hydrogen) atoms. The van der Waals surface area contributed by atoms with Crippen LogP contribution in [0.1, 0.15) is 36.5 Å². The van der Waals surface area contributed by atoms with E-state index in [1.165, 1.54) is 24.1 Å². The van der Waals surface area contributed by atoms with Crippen molar-refractivity contribution in [1.29, 1.82) is 0 Å². The Bertz CT molecular complexity index is 1250. The SMILES string of the molecule is COc1cc(CO)cc2c1O[C@@H]1[C@@H](O)[C@H](N(CCc3cccc(F)c3)C(=O)C(C)C)C=C(C(=O)NCCO)[C@H]21. The number of rotatable bonds is 10. The topological polar surface area (TPSA) is 129 Å². The number of nitrogens with zero attached hydrogens (tertiary/aromatic N) is 1. The number of benzene rings is 2. The summed E-state index contributed by atoms with van der Waals surface area (Å²) >= 11 is 0. The van der Waals surface area contributed by atoms with E-state index in [4.69, 9.17) is 9.47 Å². The molecule has 4 N–H and O–H groups in total. The lowest BCUT2D eigenvalue weighted by atomic mass is 9.77.